The van der Waals surface area contributed by atoms with E-state index in [4.69, 9.17) is 9.47 Å². The maximum absolute atomic E-state index is 5.67. The van der Waals surface area contributed by atoms with Gasteiger partial charge in [0, 0.05) is 0 Å². The molecular formula is C14H18O2. The molecule has 0 amide bonds. The molecule has 0 bridgehead atoms. The molecule has 2 aliphatic carbocycles. The highest BCUT2D eigenvalue weighted by Crippen LogP contribution is 2.31. The minimum atomic E-state index is 0.811. The molecule has 2 nitrogen and oxygen atoms in total. The van der Waals surface area contributed by atoms with E-state index in [0.29, 0.717) is 0 Å². The summed E-state index contributed by atoms with van der Waals surface area (Å²) in [7, 11) is 0. The molecule has 86 valence electrons. The van der Waals surface area contributed by atoms with Gasteiger partial charge >= 0.3 is 0 Å². The van der Waals surface area contributed by atoms with Gasteiger partial charge in [-0.2, -0.15) is 0 Å². The molecule has 2 heteroatoms. The van der Waals surface area contributed by atoms with Gasteiger partial charge in [0.1, 0.15) is 11.5 Å². The second kappa shape index (κ2) is 4.36. The van der Waals surface area contributed by atoms with E-state index in [1.54, 1.807) is 0 Å². The van der Waals surface area contributed by atoms with Crippen LogP contribution >= 0.6 is 0 Å². The van der Waals surface area contributed by atoms with Crippen LogP contribution < -0.4 is 9.47 Å². The van der Waals surface area contributed by atoms with E-state index in [1.807, 2.05) is 24.3 Å². The van der Waals surface area contributed by atoms with Gasteiger partial charge in [-0.25, -0.2) is 0 Å². The Balaban J connectivity index is 1.47. The molecule has 0 aromatic heterocycles. The lowest BCUT2D eigenvalue weighted by molar-refractivity contribution is 0.291. The third-order valence-corrected chi connectivity index (χ3v) is 3.19. The second-order valence-corrected chi connectivity index (χ2v) is 4.98. The fourth-order valence-electron chi connectivity index (χ4n) is 1.63. The highest BCUT2D eigenvalue weighted by Gasteiger charge is 2.22. The van der Waals surface area contributed by atoms with Gasteiger partial charge in [0.25, 0.3) is 0 Å². The summed E-state index contributed by atoms with van der Waals surface area (Å²) < 4.78 is 11.3. The van der Waals surface area contributed by atoms with E-state index < -0.39 is 0 Å². The predicted octanol–water partition coefficient (Wildman–Crippen LogP) is 3.26. The average Bonchev–Trinajstić information content (AvgIpc) is 3.17. The Hall–Kier alpha value is -1.18. The summed E-state index contributed by atoms with van der Waals surface area (Å²) in [6.45, 7) is 1.75. The largest absolute Gasteiger partial charge is 0.493 e. The van der Waals surface area contributed by atoms with E-state index in [1.165, 1.54) is 25.7 Å². The number of hydrogen-bond acceptors (Lipinski definition) is 2. The molecule has 0 atom stereocenters. The number of benzene rings is 1. The van der Waals surface area contributed by atoms with Gasteiger partial charge in [-0.15, -0.1) is 0 Å². The van der Waals surface area contributed by atoms with Crippen molar-refractivity contribution in [2.45, 2.75) is 25.7 Å². The van der Waals surface area contributed by atoms with Gasteiger partial charge in [-0.1, -0.05) is 0 Å². The van der Waals surface area contributed by atoms with Crippen LogP contribution in [-0.2, 0) is 0 Å². The van der Waals surface area contributed by atoms with Crippen molar-refractivity contribution in [2.75, 3.05) is 13.2 Å². The van der Waals surface area contributed by atoms with E-state index in [0.717, 1.165) is 36.5 Å². The first-order chi connectivity index (χ1) is 7.90. The van der Waals surface area contributed by atoms with Gasteiger partial charge in [0.05, 0.1) is 13.2 Å². The van der Waals surface area contributed by atoms with Crippen molar-refractivity contribution in [3.8, 4) is 11.5 Å². The molecular weight excluding hydrogens is 200 g/mol. The van der Waals surface area contributed by atoms with Crippen LogP contribution in [-0.4, -0.2) is 13.2 Å². The highest BCUT2D eigenvalue weighted by molar-refractivity contribution is 5.31. The Morgan fingerprint density at radius 1 is 0.750 bits per heavy atom. The van der Waals surface area contributed by atoms with Crippen LogP contribution in [0.15, 0.2) is 24.3 Å². The van der Waals surface area contributed by atoms with Crippen LogP contribution in [0.3, 0.4) is 0 Å². The maximum atomic E-state index is 5.67. The van der Waals surface area contributed by atoms with Gasteiger partial charge in [0.15, 0.2) is 0 Å². The van der Waals surface area contributed by atoms with Gasteiger partial charge in [0.2, 0.25) is 0 Å². The normalized spacial score (nSPS) is 19.5. The Kier molecular flexibility index (Phi) is 2.73. The minimum absolute atomic E-state index is 0.811. The summed E-state index contributed by atoms with van der Waals surface area (Å²) in [5, 5.41) is 0. The van der Waals surface area contributed by atoms with Crippen LogP contribution in [0, 0.1) is 11.8 Å². The minimum Gasteiger partial charge on any atom is -0.493 e. The highest BCUT2D eigenvalue weighted by atomic mass is 16.5. The molecule has 16 heavy (non-hydrogen) atoms. The van der Waals surface area contributed by atoms with Gasteiger partial charge in [-0.05, 0) is 61.8 Å². The van der Waals surface area contributed by atoms with Crippen LogP contribution in [0.2, 0.25) is 0 Å². The van der Waals surface area contributed by atoms with Gasteiger partial charge in [-0.3, -0.25) is 0 Å². The van der Waals surface area contributed by atoms with Crippen LogP contribution in [0.5, 0.6) is 11.5 Å². The molecule has 2 fully saturated rings. The molecule has 0 saturated heterocycles. The zero-order valence-electron chi connectivity index (χ0n) is 9.52. The van der Waals surface area contributed by atoms with Crippen molar-refractivity contribution in [2.24, 2.45) is 11.8 Å². The number of ether oxygens (including phenoxy) is 2. The molecule has 1 aromatic carbocycles. The van der Waals surface area contributed by atoms with E-state index in [2.05, 4.69) is 0 Å². The molecule has 0 N–H and O–H groups in total. The van der Waals surface area contributed by atoms with Crippen LogP contribution in [0.1, 0.15) is 25.7 Å². The smallest absolute Gasteiger partial charge is 0.119 e. The topological polar surface area (TPSA) is 18.5 Å². The summed E-state index contributed by atoms with van der Waals surface area (Å²) in [4.78, 5) is 0. The SMILES string of the molecule is c1cc(OCC2CC2)ccc1OCC1CC1. The molecule has 3 rings (SSSR count). The van der Waals surface area contributed by atoms with Crippen molar-refractivity contribution >= 4 is 0 Å². The molecule has 2 saturated carbocycles. The van der Waals surface area contributed by atoms with Gasteiger partial charge < -0.3 is 9.47 Å². The second-order valence-electron chi connectivity index (χ2n) is 4.98. The van der Waals surface area contributed by atoms with E-state index >= 15 is 0 Å². The lowest BCUT2D eigenvalue weighted by Crippen LogP contribution is -2.00. The molecule has 0 spiro atoms. The lowest BCUT2D eigenvalue weighted by atomic mass is 10.3. The molecule has 0 aliphatic heterocycles. The first kappa shape index (κ1) is 10.0. The Bertz CT molecular complexity index is 301. The van der Waals surface area contributed by atoms with E-state index in [-0.39, 0.29) is 0 Å². The van der Waals surface area contributed by atoms with Crippen molar-refractivity contribution in [1.82, 2.24) is 0 Å². The monoisotopic (exact) mass is 218 g/mol. The predicted molar refractivity (Wildman–Crippen MR) is 62.9 cm³/mol. The van der Waals surface area contributed by atoms with Crippen molar-refractivity contribution in [3.05, 3.63) is 24.3 Å². The fourth-order valence-corrected chi connectivity index (χ4v) is 1.63. The fraction of sp³-hybridized carbons (Fsp3) is 0.571. The Morgan fingerprint density at radius 3 is 1.44 bits per heavy atom. The van der Waals surface area contributed by atoms with Crippen LogP contribution in [0.4, 0.5) is 0 Å². The standard InChI is InChI=1S/C14H18O2/c1-2-11(1)9-15-13-5-7-14(8-6-13)16-10-12-3-4-12/h5-8,11-12H,1-4,9-10H2. The molecule has 1 aromatic rings. The third-order valence-electron chi connectivity index (χ3n) is 3.19. The Labute approximate surface area is 96.6 Å². The molecule has 0 unspecified atom stereocenters. The van der Waals surface area contributed by atoms with Crippen LogP contribution in [0.25, 0.3) is 0 Å². The molecule has 2 aliphatic rings. The Morgan fingerprint density at radius 2 is 1.12 bits per heavy atom. The average molecular weight is 218 g/mol. The number of hydrogen-bond donors (Lipinski definition) is 0. The van der Waals surface area contributed by atoms with Crippen molar-refractivity contribution < 1.29 is 9.47 Å². The zero-order chi connectivity index (χ0) is 10.8. The molecule has 0 heterocycles. The molecule has 0 radical (unpaired) electrons. The lowest BCUT2D eigenvalue weighted by Gasteiger charge is -2.07. The summed E-state index contributed by atoms with van der Waals surface area (Å²) in [6.07, 6.45) is 5.34. The first-order valence-electron chi connectivity index (χ1n) is 6.26. The van der Waals surface area contributed by atoms with E-state index in [9.17, 15) is 0 Å². The zero-order valence-corrected chi connectivity index (χ0v) is 9.52. The summed E-state index contributed by atoms with van der Waals surface area (Å²) >= 11 is 0. The maximum Gasteiger partial charge on any atom is 0.119 e. The summed E-state index contributed by atoms with van der Waals surface area (Å²) in [5.74, 6) is 3.55. The van der Waals surface area contributed by atoms with Crippen molar-refractivity contribution in [3.63, 3.8) is 0 Å². The third kappa shape index (κ3) is 2.91. The number of rotatable bonds is 6. The first-order valence-corrected chi connectivity index (χ1v) is 6.26. The van der Waals surface area contributed by atoms with Crippen molar-refractivity contribution in [1.29, 1.82) is 0 Å². The summed E-state index contributed by atoms with van der Waals surface area (Å²) in [6, 6.07) is 8.02. The summed E-state index contributed by atoms with van der Waals surface area (Å²) in [5.41, 5.74) is 0. The quantitative estimate of drug-likeness (QED) is 0.729.